The zero-order valence-electron chi connectivity index (χ0n) is 9.34. The second-order valence-electron chi connectivity index (χ2n) is 5.94. The van der Waals surface area contributed by atoms with Gasteiger partial charge in [0.05, 0.1) is 0 Å². The Balaban J connectivity index is 1.97. The van der Waals surface area contributed by atoms with Crippen LogP contribution in [0.4, 0.5) is 0 Å². The van der Waals surface area contributed by atoms with Crippen molar-refractivity contribution in [1.82, 2.24) is 0 Å². The van der Waals surface area contributed by atoms with Crippen LogP contribution in [0.1, 0.15) is 45.4 Å². The van der Waals surface area contributed by atoms with Crippen molar-refractivity contribution in [3.8, 4) is 0 Å². The minimum absolute atomic E-state index is 0.0451. The van der Waals surface area contributed by atoms with E-state index < -0.39 is 0 Å². The minimum atomic E-state index is 0.0451. The molecule has 0 N–H and O–H groups in total. The van der Waals surface area contributed by atoms with Crippen molar-refractivity contribution in [2.75, 3.05) is 0 Å². The van der Waals surface area contributed by atoms with E-state index in [1.165, 1.54) is 32.1 Å². The van der Waals surface area contributed by atoms with Gasteiger partial charge in [0.25, 0.3) is 0 Å². The standard InChI is InChI=1S/C13H19BrO/c1-2-11(15)13-6-8-3-9(7-13)5-10(4-8)12(13)14/h8-10,12H,2-7H2,1H3. The highest BCUT2D eigenvalue weighted by Gasteiger charge is 2.58. The summed E-state index contributed by atoms with van der Waals surface area (Å²) in [5.41, 5.74) is 0.0451. The number of hydrogen-bond acceptors (Lipinski definition) is 1. The molecule has 4 rings (SSSR count). The Bertz CT molecular complexity index is 285. The number of hydrogen-bond donors (Lipinski definition) is 0. The molecule has 0 saturated heterocycles. The average Bonchev–Trinajstić information content (AvgIpc) is 2.23. The molecule has 3 unspecified atom stereocenters. The highest BCUT2D eigenvalue weighted by molar-refractivity contribution is 9.09. The zero-order chi connectivity index (χ0) is 10.6. The lowest BCUT2D eigenvalue weighted by molar-refractivity contribution is -0.141. The molecule has 0 aromatic rings. The van der Waals surface area contributed by atoms with E-state index in [0.29, 0.717) is 10.6 Å². The molecule has 3 atom stereocenters. The quantitative estimate of drug-likeness (QED) is 0.702. The van der Waals surface area contributed by atoms with Crippen molar-refractivity contribution in [1.29, 1.82) is 0 Å². The monoisotopic (exact) mass is 270 g/mol. The first-order chi connectivity index (χ1) is 7.15. The third-order valence-electron chi connectivity index (χ3n) is 5.06. The molecule has 0 amide bonds. The first-order valence-corrected chi connectivity index (χ1v) is 7.24. The summed E-state index contributed by atoms with van der Waals surface area (Å²) < 4.78 is 0. The van der Waals surface area contributed by atoms with Crippen molar-refractivity contribution in [2.24, 2.45) is 23.2 Å². The maximum Gasteiger partial charge on any atom is 0.139 e. The number of Topliss-reactive ketones (excluding diaryl/α,β-unsaturated/α-hetero) is 1. The number of carbonyl (C=O) groups is 1. The SMILES string of the molecule is CCC(=O)C12CC3CC(CC(C3)C1Br)C2. The van der Waals surface area contributed by atoms with Crippen molar-refractivity contribution < 1.29 is 4.79 Å². The van der Waals surface area contributed by atoms with Crippen LogP contribution in [0, 0.1) is 23.2 Å². The molecular weight excluding hydrogens is 252 g/mol. The van der Waals surface area contributed by atoms with Gasteiger partial charge in [-0.25, -0.2) is 0 Å². The summed E-state index contributed by atoms with van der Waals surface area (Å²) >= 11 is 3.86. The molecule has 4 fully saturated rings. The fraction of sp³-hybridized carbons (Fsp3) is 0.923. The maximum absolute atomic E-state index is 12.2. The van der Waals surface area contributed by atoms with Gasteiger partial charge in [-0.3, -0.25) is 4.79 Å². The van der Waals surface area contributed by atoms with Crippen LogP contribution < -0.4 is 0 Å². The van der Waals surface area contributed by atoms with Gasteiger partial charge in [0.1, 0.15) is 5.78 Å². The van der Waals surface area contributed by atoms with Gasteiger partial charge in [0.2, 0.25) is 0 Å². The van der Waals surface area contributed by atoms with E-state index in [0.717, 1.165) is 24.2 Å². The summed E-state index contributed by atoms with van der Waals surface area (Å²) in [7, 11) is 0. The summed E-state index contributed by atoms with van der Waals surface area (Å²) in [5, 5.41) is 0. The van der Waals surface area contributed by atoms with E-state index in [-0.39, 0.29) is 5.41 Å². The maximum atomic E-state index is 12.2. The largest absolute Gasteiger partial charge is 0.299 e. The number of ketones is 1. The predicted molar refractivity (Wildman–Crippen MR) is 64.0 cm³/mol. The van der Waals surface area contributed by atoms with E-state index in [1.807, 2.05) is 6.92 Å². The van der Waals surface area contributed by atoms with Crippen molar-refractivity contribution in [3.63, 3.8) is 0 Å². The fourth-order valence-electron chi connectivity index (χ4n) is 4.71. The van der Waals surface area contributed by atoms with Gasteiger partial charge in [-0.2, -0.15) is 0 Å². The summed E-state index contributed by atoms with van der Waals surface area (Å²) in [6.45, 7) is 2.03. The Morgan fingerprint density at radius 1 is 1.27 bits per heavy atom. The van der Waals surface area contributed by atoms with Crippen LogP contribution in [0.3, 0.4) is 0 Å². The van der Waals surface area contributed by atoms with Gasteiger partial charge in [0.15, 0.2) is 0 Å². The summed E-state index contributed by atoms with van der Waals surface area (Å²) in [6.07, 6.45) is 7.27. The zero-order valence-corrected chi connectivity index (χ0v) is 10.9. The first-order valence-electron chi connectivity index (χ1n) is 6.33. The molecule has 0 aliphatic heterocycles. The third kappa shape index (κ3) is 1.30. The molecule has 0 radical (unpaired) electrons. The molecule has 84 valence electrons. The predicted octanol–water partition coefficient (Wildman–Crippen LogP) is 3.56. The van der Waals surface area contributed by atoms with Gasteiger partial charge < -0.3 is 0 Å². The van der Waals surface area contributed by atoms with E-state index in [4.69, 9.17) is 0 Å². The molecule has 15 heavy (non-hydrogen) atoms. The van der Waals surface area contributed by atoms with Gasteiger partial charge in [0, 0.05) is 16.7 Å². The van der Waals surface area contributed by atoms with E-state index >= 15 is 0 Å². The van der Waals surface area contributed by atoms with E-state index in [1.54, 1.807) is 0 Å². The average molecular weight is 271 g/mol. The molecule has 0 aromatic carbocycles. The molecule has 0 spiro atoms. The van der Waals surface area contributed by atoms with Crippen LogP contribution in [0.25, 0.3) is 0 Å². The Kier molecular flexibility index (Phi) is 2.28. The lowest BCUT2D eigenvalue weighted by Gasteiger charge is -2.58. The Morgan fingerprint density at radius 2 is 1.87 bits per heavy atom. The van der Waals surface area contributed by atoms with Gasteiger partial charge in [-0.1, -0.05) is 22.9 Å². The second kappa shape index (κ2) is 3.32. The van der Waals surface area contributed by atoms with Crippen LogP contribution in [0.15, 0.2) is 0 Å². The van der Waals surface area contributed by atoms with Gasteiger partial charge >= 0.3 is 0 Å². The van der Waals surface area contributed by atoms with E-state index in [2.05, 4.69) is 15.9 Å². The molecule has 4 bridgehead atoms. The lowest BCUT2D eigenvalue weighted by atomic mass is 9.48. The summed E-state index contributed by atoms with van der Waals surface area (Å²) in [6, 6.07) is 0. The van der Waals surface area contributed by atoms with Crippen LogP contribution in [-0.4, -0.2) is 10.6 Å². The van der Waals surface area contributed by atoms with Crippen molar-refractivity contribution in [3.05, 3.63) is 0 Å². The van der Waals surface area contributed by atoms with Gasteiger partial charge in [-0.15, -0.1) is 0 Å². The van der Waals surface area contributed by atoms with Crippen LogP contribution in [-0.2, 0) is 4.79 Å². The van der Waals surface area contributed by atoms with E-state index in [9.17, 15) is 4.79 Å². The van der Waals surface area contributed by atoms with Crippen molar-refractivity contribution >= 4 is 21.7 Å². The highest BCUT2D eigenvalue weighted by atomic mass is 79.9. The number of alkyl halides is 1. The molecule has 4 aliphatic rings. The van der Waals surface area contributed by atoms with Crippen LogP contribution in [0.2, 0.25) is 0 Å². The Morgan fingerprint density at radius 3 is 2.40 bits per heavy atom. The molecular formula is C13H19BrO. The summed E-state index contributed by atoms with van der Waals surface area (Å²) in [5.74, 6) is 3.06. The molecule has 0 aromatic heterocycles. The first kappa shape index (κ1) is 10.3. The minimum Gasteiger partial charge on any atom is -0.299 e. The number of rotatable bonds is 2. The van der Waals surface area contributed by atoms with Crippen LogP contribution in [0.5, 0.6) is 0 Å². The molecule has 4 aliphatic carbocycles. The highest BCUT2D eigenvalue weighted by Crippen LogP contribution is 2.62. The van der Waals surface area contributed by atoms with Crippen molar-refractivity contribution in [2.45, 2.75) is 50.3 Å². The molecule has 1 nitrogen and oxygen atoms in total. The number of halogens is 1. The normalized spacial score (nSPS) is 52.1. The fourth-order valence-corrected chi connectivity index (χ4v) is 5.77. The molecule has 0 heterocycles. The second-order valence-corrected chi connectivity index (χ2v) is 6.93. The van der Waals surface area contributed by atoms with Gasteiger partial charge in [-0.05, 0) is 49.9 Å². The summed E-state index contributed by atoms with van der Waals surface area (Å²) in [4.78, 5) is 12.7. The van der Waals surface area contributed by atoms with Crippen LogP contribution >= 0.6 is 15.9 Å². The Hall–Kier alpha value is 0.150. The third-order valence-corrected chi connectivity index (χ3v) is 6.69. The molecule has 2 heteroatoms. The molecule has 4 saturated carbocycles. The topological polar surface area (TPSA) is 17.1 Å². The smallest absolute Gasteiger partial charge is 0.139 e. The number of carbonyl (C=O) groups excluding carboxylic acids is 1. The lowest BCUT2D eigenvalue weighted by Crippen LogP contribution is -2.56. The Labute approximate surface area is 100 Å².